The average Bonchev–Trinajstić information content (AvgIpc) is 2.25. The minimum absolute atomic E-state index is 0.641. The molecule has 0 aliphatic carbocycles. The molecule has 0 saturated heterocycles. The monoisotopic (exact) mass is 360 g/mol. The van der Waals surface area contributed by atoms with E-state index in [1.54, 1.807) is 0 Å². The highest BCUT2D eigenvalue weighted by molar-refractivity contribution is 9.10. The van der Waals surface area contributed by atoms with Gasteiger partial charge in [0.2, 0.25) is 0 Å². The number of rotatable bonds is 5. The molecular weight excluding hydrogens is 356 g/mol. The van der Waals surface area contributed by atoms with E-state index in [1.807, 2.05) is 0 Å². The minimum atomic E-state index is -5.08. The van der Waals surface area contributed by atoms with Gasteiger partial charge in [0, 0.05) is 15.9 Å². The van der Waals surface area contributed by atoms with Crippen molar-refractivity contribution in [2.24, 2.45) is 0 Å². The summed E-state index contributed by atoms with van der Waals surface area (Å²) in [7, 11) is 0. The summed E-state index contributed by atoms with van der Waals surface area (Å²) in [6, 6.07) is 2.33. The fraction of sp³-hybridized carbons (Fsp3) is 0.200. The number of benzene rings is 1. The summed E-state index contributed by atoms with van der Waals surface area (Å²) in [5.74, 6) is -4.84. The van der Waals surface area contributed by atoms with E-state index >= 15 is 0 Å². The van der Waals surface area contributed by atoms with Crippen LogP contribution in [0.25, 0.3) is 0 Å². The van der Waals surface area contributed by atoms with Gasteiger partial charge in [0.05, 0.1) is 5.56 Å². The highest BCUT2D eigenvalue weighted by Crippen LogP contribution is 2.41. The summed E-state index contributed by atoms with van der Waals surface area (Å²) in [6.07, 6.45) is -5.08. The zero-order valence-electron chi connectivity index (χ0n) is 9.24. The quantitative estimate of drug-likeness (QED) is 0.622. The lowest BCUT2D eigenvalue weighted by molar-refractivity contribution is -0.266. The van der Waals surface area contributed by atoms with E-state index in [1.165, 1.54) is 15.9 Å². The number of carbonyl (C=O) groups is 2. The summed E-state index contributed by atoms with van der Waals surface area (Å²) in [5.41, 5.74) is -2.03. The smallest absolute Gasteiger partial charge is 0.475 e. The molecule has 0 saturated carbocycles. The number of aromatic carboxylic acids is 2. The Bertz CT molecular complexity index is 555. The van der Waals surface area contributed by atoms with E-state index in [-0.39, 0.29) is 0 Å². The van der Waals surface area contributed by atoms with E-state index < -0.39 is 39.8 Å². The van der Waals surface area contributed by atoms with Crippen LogP contribution >= 0.6 is 15.9 Å². The van der Waals surface area contributed by atoms with Crippen LogP contribution in [0.15, 0.2) is 18.2 Å². The van der Waals surface area contributed by atoms with Crippen LogP contribution in [0.1, 0.15) is 20.7 Å². The van der Waals surface area contributed by atoms with Crippen LogP contribution in [0, 0.1) is 0 Å². The second kappa shape index (κ2) is 5.27. The highest BCUT2D eigenvalue weighted by Gasteiger charge is 2.58. The van der Waals surface area contributed by atoms with Gasteiger partial charge in [0.1, 0.15) is 11.3 Å². The second-order valence-electron chi connectivity index (χ2n) is 3.41. The first-order valence-electron chi connectivity index (χ1n) is 4.70. The Hall–Kier alpha value is -1.84. The van der Waals surface area contributed by atoms with Crippen LogP contribution in [0.5, 0.6) is 5.75 Å². The fourth-order valence-corrected chi connectivity index (χ4v) is 1.29. The van der Waals surface area contributed by atoms with Crippen LogP contribution in [0.2, 0.25) is 0 Å². The molecule has 2 N–H and O–H groups in total. The number of halogens is 5. The Morgan fingerprint density at radius 2 is 1.65 bits per heavy atom. The van der Waals surface area contributed by atoms with Crippen molar-refractivity contribution in [3.05, 3.63) is 29.3 Å². The number of ether oxygens (including phenoxy) is 1. The predicted molar refractivity (Wildman–Crippen MR) is 59.8 cm³/mol. The minimum Gasteiger partial charge on any atom is -0.478 e. The van der Waals surface area contributed by atoms with Crippen LogP contribution < -0.4 is 4.74 Å². The molecule has 0 aliphatic heterocycles. The summed E-state index contributed by atoms with van der Waals surface area (Å²) < 4.78 is 54.9. The molecule has 10 heteroatoms. The van der Waals surface area contributed by atoms with Crippen molar-refractivity contribution in [3.63, 3.8) is 0 Å². The van der Waals surface area contributed by atoms with Crippen molar-refractivity contribution in [3.8, 4) is 5.75 Å². The Morgan fingerprint density at radius 1 is 1.10 bits per heavy atom. The van der Waals surface area contributed by atoms with E-state index in [4.69, 9.17) is 10.2 Å². The maximum absolute atomic E-state index is 13.0. The fourth-order valence-electron chi connectivity index (χ4n) is 1.21. The first-order valence-corrected chi connectivity index (χ1v) is 5.50. The SMILES string of the molecule is O=C(O)c1cccc(OC(F)(F)C(F)(F)Br)c1C(=O)O. The first kappa shape index (κ1) is 16.2. The third-order valence-electron chi connectivity index (χ3n) is 2.04. The Morgan fingerprint density at radius 3 is 2.05 bits per heavy atom. The molecule has 1 aromatic rings. The van der Waals surface area contributed by atoms with Gasteiger partial charge in [-0.3, -0.25) is 0 Å². The topological polar surface area (TPSA) is 83.8 Å². The highest BCUT2D eigenvalue weighted by atomic mass is 79.9. The molecular formula is C10H5BrF4O5. The molecule has 0 aliphatic rings. The number of carboxylic acid groups (broad SMARTS) is 2. The van der Waals surface area contributed by atoms with Crippen LogP contribution in [-0.4, -0.2) is 33.1 Å². The molecule has 5 nitrogen and oxygen atoms in total. The van der Waals surface area contributed by atoms with Gasteiger partial charge >= 0.3 is 22.9 Å². The predicted octanol–water partition coefficient (Wildman–Crippen LogP) is 3.04. The van der Waals surface area contributed by atoms with Gasteiger partial charge in [-0.05, 0) is 12.1 Å². The van der Waals surface area contributed by atoms with Crippen molar-refractivity contribution >= 4 is 27.9 Å². The van der Waals surface area contributed by atoms with Crippen LogP contribution in [0.3, 0.4) is 0 Å². The summed E-state index contributed by atoms with van der Waals surface area (Å²) in [5, 5.41) is 17.5. The number of carboxylic acids is 2. The van der Waals surface area contributed by atoms with E-state index in [2.05, 4.69) is 4.74 Å². The lowest BCUT2D eigenvalue weighted by atomic mass is 10.1. The van der Waals surface area contributed by atoms with Crippen molar-refractivity contribution < 1.29 is 42.1 Å². The number of hydrogen-bond acceptors (Lipinski definition) is 3. The maximum atomic E-state index is 13.0. The third-order valence-corrected chi connectivity index (χ3v) is 2.50. The largest absolute Gasteiger partial charge is 0.478 e. The number of alkyl halides is 5. The summed E-state index contributed by atoms with van der Waals surface area (Å²) >= 11 is 1.39. The van der Waals surface area contributed by atoms with Gasteiger partial charge in [0.15, 0.2) is 0 Å². The molecule has 1 aromatic carbocycles. The Balaban J connectivity index is 3.37. The standard InChI is InChI=1S/C10H5BrF4O5/c11-9(12,13)10(14,15)20-5-3-1-2-4(7(16)17)6(5)8(18)19/h1-3H,(H,16,17)(H,18,19). The van der Waals surface area contributed by atoms with Crippen molar-refractivity contribution in [2.75, 3.05) is 0 Å². The molecule has 0 aromatic heterocycles. The third kappa shape index (κ3) is 3.18. The first-order chi connectivity index (χ1) is 8.97. The lowest BCUT2D eigenvalue weighted by Gasteiger charge is -2.23. The molecule has 0 bridgehead atoms. The molecule has 0 amide bonds. The summed E-state index contributed by atoms with van der Waals surface area (Å²) in [4.78, 5) is 16.9. The van der Waals surface area contributed by atoms with E-state index in [0.717, 1.165) is 12.1 Å². The molecule has 0 radical (unpaired) electrons. The average molecular weight is 361 g/mol. The van der Waals surface area contributed by atoms with Crippen molar-refractivity contribution in [2.45, 2.75) is 10.9 Å². The van der Waals surface area contributed by atoms with Crippen LogP contribution in [0.4, 0.5) is 17.6 Å². The molecule has 0 spiro atoms. The molecule has 0 fully saturated rings. The van der Waals surface area contributed by atoms with Crippen molar-refractivity contribution in [1.82, 2.24) is 0 Å². The van der Waals surface area contributed by atoms with Gasteiger partial charge in [0.25, 0.3) is 0 Å². The van der Waals surface area contributed by atoms with Gasteiger partial charge in [-0.25, -0.2) is 9.59 Å². The van der Waals surface area contributed by atoms with Gasteiger partial charge in [-0.2, -0.15) is 17.6 Å². The Labute approximate surface area is 116 Å². The normalized spacial score (nSPS) is 12.1. The van der Waals surface area contributed by atoms with E-state index in [9.17, 15) is 27.2 Å². The zero-order chi connectivity index (χ0) is 15.7. The van der Waals surface area contributed by atoms with Crippen molar-refractivity contribution in [1.29, 1.82) is 0 Å². The van der Waals surface area contributed by atoms with Gasteiger partial charge < -0.3 is 14.9 Å². The maximum Gasteiger partial charge on any atom is 0.475 e. The summed E-state index contributed by atoms with van der Waals surface area (Å²) in [6.45, 7) is 0. The molecule has 0 unspecified atom stereocenters. The lowest BCUT2D eigenvalue weighted by Crippen LogP contribution is -2.41. The second-order valence-corrected chi connectivity index (χ2v) is 4.40. The molecule has 110 valence electrons. The van der Waals surface area contributed by atoms with Gasteiger partial charge in [-0.1, -0.05) is 6.07 Å². The van der Waals surface area contributed by atoms with E-state index in [0.29, 0.717) is 6.07 Å². The van der Waals surface area contributed by atoms with Gasteiger partial charge in [-0.15, -0.1) is 0 Å². The molecule has 1 rings (SSSR count). The molecule has 0 heterocycles. The molecule has 20 heavy (non-hydrogen) atoms. The Kier molecular flexibility index (Phi) is 4.27. The number of hydrogen-bond donors (Lipinski definition) is 2. The molecule has 0 atom stereocenters. The zero-order valence-corrected chi connectivity index (χ0v) is 10.8. The van der Waals surface area contributed by atoms with Crippen LogP contribution in [-0.2, 0) is 0 Å².